The quantitative estimate of drug-likeness (QED) is 0.0575. The van der Waals surface area contributed by atoms with E-state index >= 15 is 0 Å². The van der Waals surface area contributed by atoms with E-state index in [1.165, 1.54) is 116 Å². The van der Waals surface area contributed by atoms with Crippen LogP contribution in [0.4, 0.5) is 0 Å². The Bertz CT molecular complexity index is 305. The molecule has 0 aromatic rings. The fraction of sp³-hybridized carbons (Fsp3) is 1.00. The molecule has 0 atom stereocenters. The van der Waals surface area contributed by atoms with Gasteiger partial charge in [0.15, 0.2) is 0 Å². The van der Waals surface area contributed by atoms with Gasteiger partial charge in [-0.05, 0) is 57.8 Å². The zero-order chi connectivity index (χ0) is 32.5. The first kappa shape index (κ1) is 51.3. The standard InChI is InChI=1S/3C12H27P.2ClH.Ru/c3*1-4-7-10-13(11-8-5-2)12-9-6-3;;;/h3*4-12H2,1-3H3;2*1H;/q;;;;;+2/p+1. The molecule has 0 radical (unpaired) electrons. The molecular weight excluding hydrogens is 697 g/mol. The van der Waals surface area contributed by atoms with Crippen LogP contribution in [0.25, 0.3) is 0 Å². The van der Waals surface area contributed by atoms with Crippen LogP contribution < -0.4 is 0 Å². The van der Waals surface area contributed by atoms with Gasteiger partial charge in [-0.25, -0.2) is 0 Å². The fourth-order valence-corrected chi connectivity index (χ4v) is 14.9. The van der Waals surface area contributed by atoms with Crippen molar-refractivity contribution in [1.29, 1.82) is 0 Å². The molecule has 0 aromatic carbocycles. The minimum absolute atomic E-state index is 0.0675. The van der Waals surface area contributed by atoms with Crippen LogP contribution in [-0.2, 0) is 15.1 Å². The summed E-state index contributed by atoms with van der Waals surface area (Å²) in [6, 6.07) is 0. The van der Waals surface area contributed by atoms with Gasteiger partial charge in [-0.2, -0.15) is 0 Å². The monoisotopic (exact) mass is 781 g/mol. The SMILES string of the molecule is CCCC[PH+](CCCC)CCCC.CCCC[PH+](CCCC)CCCC.CCCC[PH+](CCCC)CCCC.[Cl][Ru][Cl]. The molecule has 0 aromatic heterocycles. The maximum absolute atomic E-state index is 4.85. The fourth-order valence-electron chi connectivity index (χ4n) is 4.97. The third-order valence-corrected chi connectivity index (χ3v) is 17.5. The van der Waals surface area contributed by atoms with Gasteiger partial charge in [0.25, 0.3) is 0 Å². The second kappa shape index (κ2) is 50.4. The number of unbranched alkanes of at least 4 members (excludes halogenated alkanes) is 9. The van der Waals surface area contributed by atoms with E-state index in [4.69, 9.17) is 19.4 Å². The normalized spacial score (nSPS) is 10.8. The average Bonchev–Trinajstić information content (AvgIpc) is 3.01. The molecule has 0 saturated heterocycles. The summed E-state index contributed by atoms with van der Waals surface area (Å²) in [7, 11) is 9.91. The first-order valence-corrected chi connectivity index (χ1v) is 29.7. The van der Waals surface area contributed by atoms with Gasteiger partial charge in [0.05, 0.1) is 55.5 Å². The van der Waals surface area contributed by atoms with Gasteiger partial charge in [0.2, 0.25) is 0 Å². The summed E-state index contributed by atoms with van der Waals surface area (Å²) < 4.78 is 0. The van der Waals surface area contributed by atoms with Crippen molar-refractivity contribution in [3.63, 3.8) is 0 Å². The predicted octanol–water partition coefficient (Wildman–Crippen LogP) is 15.2. The van der Waals surface area contributed by atoms with Crippen LogP contribution >= 0.6 is 43.1 Å². The van der Waals surface area contributed by atoms with E-state index in [0.717, 1.165) is 0 Å². The molecule has 0 nitrogen and oxygen atoms in total. The molecular formula is C36H84Cl2P3Ru+3. The van der Waals surface area contributed by atoms with Crippen LogP contribution in [0.15, 0.2) is 0 Å². The van der Waals surface area contributed by atoms with Crippen molar-refractivity contribution in [3.8, 4) is 0 Å². The zero-order valence-corrected chi connectivity index (χ0v) is 37.0. The molecule has 0 bridgehead atoms. The predicted molar refractivity (Wildman–Crippen MR) is 215 cm³/mol. The van der Waals surface area contributed by atoms with E-state index in [-0.39, 0.29) is 38.9 Å². The molecule has 42 heavy (non-hydrogen) atoms. The van der Waals surface area contributed by atoms with Gasteiger partial charge in [-0.15, -0.1) is 0 Å². The van der Waals surface area contributed by atoms with E-state index in [9.17, 15) is 0 Å². The van der Waals surface area contributed by atoms with Crippen molar-refractivity contribution in [2.24, 2.45) is 0 Å². The van der Waals surface area contributed by atoms with E-state index in [1.54, 1.807) is 55.5 Å². The summed E-state index contributed by atoms with van der Waals surface area (Å²) in [5, 5.41) is 0. The Morgan fingerprint density at radius 1 is 0.286 bits per heavy atom. The van der Waals surface area contributed by atoms with Crippen LogP contribution in [0.5, 0.6) is 0 Å². The molecule has 0 saturated carbocycles. The molecule has 0 rings (SSSR count). The Balaban J connectivity index is -0.000000246. The summed E-state index contributed by atoms with van der Waals surface area (Å²) in [5.74, 6) is 0. The average molecular weight is 782 g/mol. The minimum atomic E-state index is -0.346. The number of rotatable bonds is 27. The molecule has 6 heteroatoms. The second-order valence-electron chi connectivity index (χ2n) is 12.2. The third-order valence-electron chi connectivity index (χ3n) is 7.95. The zero-order valence-electron chi connectivity index (χ0n) is 30.7. The molecule has 0 fully saturated rings. The maximum atomic E-state index is 4.85. The Hall–Kier alpha value is 2.49. The van der Waals surface area contributed by atoms with Gasteiger partial charge in [-0.3, -0.25) is 0 Å². The third kappa shape index (κ3) is 49.4. The van der Waals surface area contributed by atoms with Crippen molar-refractivity contribution < 1.29 is 15.1 Å². The number of hydrogen-bond acceptors (Lipinski definition) is 0. The molecule has 0 aliphatic carbocycles. The van der Waals surface area contributed by atoms with Gasteiger partial charge >= 0.3 is 34.5 Å². The van der Waals surface area contributed by atoms with E-state index < -0.39 is 0 Å². The van der Waals surface area contributed by atoms with Crippen LogP contribution in [-0.4, -0.2) is 55.5 Å². The number of hydrogen-bond donors (Lipinski definition) is 0. The van der Waals surface area contributed by atoms with Gasteiger partial charge in [0.1, 0.15) is 0 Å². The summed E-state index contributed by atoms with van der Waals surface area (Å²) in [5.41, 5.74) is 0. The van der Waals surface area contributed by atoms with Crippen molar-refractivity contribution in [3.05, 3.63) is 0 Å². The molecule has 0 aliphatic heterocycles. The molecule has 0 amide bonds. The summed E-state index contributed by atoms with van der Waals surface area (Å²) in [4.78, 5) is 0. The van der Waals surface area contributed by atoms with Gasteiger partial charge < -0.3 is 0 Å². The van der Waals surface area contributed by atoms with E-state index in [0.29, 0.717) is 0 Å². The van der Waals surface area contributed by atoms with Crippen LogP contribution in [0, 0.1) is 0 Å². The molecule has 0 spiro atoms. The Morgan fingerprint density at radius 2 is 0.381 bits per heavy atom. The van der Waals surface area contributed by atoms with E-state index in [2.05, 4.69) is 62.3 Å². The van der Waals surface area contributed by atoms with Crippen molar-refractivity contribution in [2.75, 3.05) is 55.5 Å². The van der Waals surface area contributed by atoms with E-state index in [1.807, 2.05) is 0 Å². The molecule has 0 aliphatic rings. The Labute approximate surface area is 289 Å². The molecule has 262 valence electrons. The molecule has 0 N–H and O–H groups in total. The Morgan fingerprint density at radius 3 is 0.452 bits per heavy atom. The molecule has 0 unspecified atom stereocenters. The van der Waals surface area contributed by atoms with Gasteiger partial charge in [0, 0.05) is 23.8 Å². The Kier molecular flexibility index (Phi) is 61.5. The van der Waals surface area contributed by atoms with Crippen molar-refractivity contribution >= 4 is 43.1 Å². The molecule has 0 heterocycles. The van der Waals surface area contributed by atoms with Crippen molar-refractivity contribution in [2.45, 2.75) is 178 Å². The van der Waals surface area contributed by atoms with Gasteiger partial charge in [-0.1, -0.05) is 120 Å². The van der Waals surface area contributed by atoms with Crippen LogP contribution in [0.2, 0.25) is 0 Å². The summed E-state index contributed by atoms with van der Waals surface area (Å²) in [6.45, 7) is 20.9. The summed E-state index contributed by atoms with van der Waals surface area (Å²) in [6.07, 6.45) is 40.2. The van der Waals surface area contributed by atoms with Crippen LogP contribution in [0.3, 0.4) is 0 Å². The summed E-state index contributed by atoms with van der Waals surface area (Å²) >= 11 is -0.346. The second-order valence-corrected chi connectivity index (χ2v) is 23.9. The van der Waals surface area contributed by atoms with Crippen molar-refractivity contribution in [1.82, 2.24) is 0 Å². The topological polar surface area (TPSA) is 0 Å². The first-order chi connectivity index (χ1) is 20.5. The first-order valence-electron chi connectivity index (χ1n) is 18.8. The van der Waals surface area contributed by atoms with Crippen LogP contribution in [0.1, 0.15) is 178 Å². The number of halogens is 2.